The summed E-state index contributed by atoms with van der Waals surface area (Å²) in [7, 11) is 0.257. The molecule has 0 saturated carbocycles. The van der Waals surface area contributed by atoms with Crippen LogP contribution in [0.25, 0.3) is 0 Å². The van der Waals surface area contributed by atoms with Crippen molar-refractivity contribution in [2.24, 2.45) is 0 Å². The zero-order valence-electron chi connectivity index (χ0n) is 20.0. The van der Waals surface area contributed by atoms with E-state index >= 15 is 0 Å². The topological polar surface area (TPSA) is 118 Å². The van der Waals surface area contributed by atoms with Gasteiger partial charge in [-0.05, 0) is 44.1 Å². The van der Waals surface area contributed by atoms with E-state index in [1.54, 1.807) is 0 Å². The maximum atomic E-state index is 8.91. The van der Waals surface area contributed by atoms with Crippen LogP contribution in [0, 0.1) is 0 Å². The average molecular weight is 496 g/mol. The summed E-state index contributed by atoms with van der Waals surface area (Å²) in [5, 5.41) is 35.6. The Labute approximate surface area is 216 Å². The van der Waals surface area contributed by atoms with E-state index in [1.807, 2.05) is 97.1 Å². The second-order valence-electron chi connectivity index (χ2n) is 8.63. The largest absolute Gasteiger partial charge is 0.355 e. The third-order valence-electron chi connectivity index (χ3n) is 6.47. The molecule has 184 valence electrons. The molecule has 0 aliphatic rings. The Kier molecular flexibility index (Phi) is 9.34. The fourth-order valence-electron chi connectivity index (χ4n) is 4.70. The highest BCUT2D eigenvalue weighted by atomic mass is 17.1. The fourth-order valence-corrected chi connectivity index (χ4v) is 4.70. The molecule has 4 aromatic rings. The maximum absolute atomic E-state index is 8.91. The van der Waals surface area contributed by atoms with Crippen LogP contribution in [0.2, 0.25) is 0 Å². The minimum atomic E-state index is -0.783. The highest BCUT2D eigenvalue weighted by Gasteiger charge is 2.38. The second kappa shape index (κ2) is 12.9. The number of hydrogen-bond acceptors (Lipinski definition) is 8. The van der Waals surface area contributed by atoms with Gasteiger partial charge in [0.1, 0.15) is 0 Å². The van der Waals surface area contributed by atoms with E-state index in [0.29, 0.717) is 0 Å². The molecule has 0 bridgehead atoms. The van der Waals surface area contributed by atoms with Crippen molar-refractivity contribution >= 4 is 51.8 Å². The van der Waals surface area contributed by atoms with E-state index in [4.69, 9.17) is 21.0 Å². The smallest absolute Gasteiger partial charge is 0.306 e. The molecule has 0 spiro atoms. The fraction of sp³-hybridized carbons (Fsp3) is 0.0400. The summed E-state index contributed by atoms with van der Waals surface area (Å²) in [6.45, 7) is 0. The monoisotopic (exact) mass is 496 g/mol. The van der Waals surface area contributed by atoms with Crippen molar-refractivity contribution < 1.29 is 40.2 Å². The minimum absolute atomic E-state index is 0.0643. The summed E-state index contributed by atoms with van der Waals surface area (Å²) < 4.78 is 0. The van der Waals surface area contributed by atoms with Crippen LogP contribution in [-0.4, -0.2) is 51.0 Å². The predicted octanol–water partition coefficient (Wildman–Crippen LogP) is -0.0651. The molecule has 4 rings (SSSR count). The standard InChI is InChI=1S/C25H24B4O8/c30-34-26-21-9-1-17(2-10-21)25(18-3-11-22(12-4-18)27-35-31,19-5-13-23(14-6-19)28-36-32)20-7-15-24(16-8-20)29-37-33/h1-16,26-33H. The van der Waals surface area contributed by atoms with Gasteiger partial charge in [-0.15, -0.1) is 0 Å². The molecule has 4 aromatic carbocycles. The summed E-state index contributed by atoms with van der Waals surface area (Å²) in [6.07, 6.45) is 0. The van der Waals surface area contributed by atoms with Gasteiger partial charge >= 0.3 is 29.9 Å². The molecular weight excluding hydrogens is 472 g/mol. The van der Waals surface area contributed by atoms with Crippen LogP contribution < -0.4 is 21.9 Å². The maximum Gasteiger partial charge on any atom is 0.355 e. The minimum Gasteiger partial charge on any atom is -0.306 e. The second-order valence-corrected chi connectivity index (χ2v) is 8.63. The van der Waals surface area contributed by atoms with Crippen molar-refractivity contribution in [3.63, 3.8) is 0 Å². The molecule has 4 N–H and O–H groups in total. The lowest BCUT2D eigenvalue weighted by molar-refractivity contribution is -0.135. The van der Waals surface area contributed by atoms with Crippen molar-refractivity contribution in [1.29, 1.82) is 0 Å². The lowest BCUT2D eigenvalue weighted by atomic mass is 9.63. The quantitative estimate of drug-likeness (QED) is 0.0934. The Hall–Kier alpha value is -3.18. The first-order valence-electron chi connectivity index (χ1n) is 11.6. The highest BCUT2D eigenvalue weighted by molar-refractivity contribution is 6.47. The molecule has 37 heavy (non-hydrogen) atoms. The summed E-state index contributed by atoms with van der Waals surface area (Å²) >= 11 is 0. The Morgan fingerprint density at radius 3 is 0.703 bits per heavy atom. The Morgan fingerprint density at radius 1 is 0.351 bits per heavy atom. The van der Waals surface area contributed by atoms with Gasteiger partial charge in [0.05, 0.1) is 5.41 Å². The van der Waals surface area contributed by atoms with Crippen LogP contribution in [0.3, 0.4) is 0 Å². The van der Waals surface area contributed by atoms with Crippen molar-refractivity contribution in [2.75, 3.05) is 0 Å². The van der Waals surface area contributed by atoms with Crippen LogP contribution in [0.15, 0.2) is 97.1 Å². The van der Waals surface area contributed by atoms with Gasteiger partial charge in [-0.1, -0.05) is 97.1 Å². The molecule has 12 heteroatoms. The lowest BCUT2D eigenvalue weighted by Crippen LogP contribution is -2.33. The summed E-state index contributed by atoms with van der Waals surface area (Å²) in [4.78, 5) is 17.3. The first kappa shape index (κ1) is 26.9. The molecular formula is C25H24B4O8. The predicted molar refractivity (Wildman–Crippen MR) is 147 cm³/mol. The van der Waals surface area contributed by atoms with Crippen LogP contribution in [-0.2, 0) is 24.6 Å². The van der Waals surface area contributed by atoms with E-state index in [-0.39, 0.29) is 29.9 Å². The van der Waals surface area contributed by atoms with E-state index in [0.717, 1.165) is 44.1 Å². The first-order chi connectivity index (χ1) is 18.1. The van der Waals surface area contributed by atoms with Gasteiger partial charge < -0.3 is 19.2 Å². The molecule has 0 atom stereocenters. The number of hydrogen-bond donors (Lipinski definition) is 4. The molecule has 0 heterocycles. The zero-order valence-corrected chi connectivity index (χ0v) is 20.0. The van der Waals surface area contributed by atoms with Gasteiger partial charge in [-0.25, -0.2) is 0 Å². The molecule has 8 nitrogen and oxygen atoms in total. The zero-order chi connectivity index (χ0) is 26.1. The van der Waals surface area contributed by atoms with Gasteiger partial charge in [0.15, 0.2) is 0 Å². The Bertz CT molecular complexity index is 1050. The normalized spacial score (nSPS) is 11.1. The SMILES string of the molecule is OOBc1ccc(C(c2ccc(BOO)cc2)(c2ccc(BOO)cc2)c2ccc(BOO)cc2)cc1. The van der Waals surface area contributed by atoms with Gasteiger partial charge in [0, 0.05) is 0 Å². The molecule has 0 amide bonds. The van der Waals surface area contributed by atoms with Crippen LogP contribution >= 0.6 is 0 Å². The summed E-state index contributed by atoms with van der Waals surface area (Å²) in [6, 6.07) is 31.1. The van der Waals surface area contributed by atoms with Gasteiger partial charge in [0.2, 0.25) is 0 Å². The number of benzene rings is 4. The summed E-state index contributed by atoms with van der Waals surface area (Å²) in [5.41, 5.74) is 6.27. The molecule has 0 aliphatic heterocycles. The van der Waals surface area contributed by atoms with Crippen molar-refractivity contribution in [1.82, 2.24) is 0 Å². The lowest BCUT2D eigenvalue weighted by Gasteiger charge is -2.37. The van der Waals surface area contributed by atoms with E-state index in [2.05, 4.69) is 19.2 Å². The van der Waals surface area contributed by atoms with Gasteiger partial charge in [-0.2, -0.15) is 0 Å². The van der Waals surface area contributed by atoms with E-state index in [9.17, 15) is 0 Å². The third-order valence-corrected chi connectivity index (χ3v) is 6.47. The number of rotatable bonds is 12. The van der Waals surface area contributed by atoms with Crippen LogP contribution in [0.5, 0.6) is 0 Å². The Balaban J connectivity index is 1.98. The van der Waals surface area contributed by atoms with Crippen LogP contribution in [0.1, 0.15) is 22.3 Å². The van der Waals surface area contributed by atoms with Gasteiger partial charge in [0.25, 0.3) is 0 Å². The third kappa shape index (κ3) is 5.88. The van der Waals surface area contributed by atoms with Crippen molar-refractivity contribution in [3.05, 3.63) is 119 Å². The van der Waals surface area contributed by atoms with Gasteiger partial charge in [-0.3, -0.25) is 21.0 Å². The molecule has 0 saturated heterocycles. The molecule has 0 unspecified atom stereocenters. The van der Waals surface area contributed by atoms with E-state index < -0.39 is 5.41 Å². The van der Waals surface area contributed by atoms with E-state index in [1.165, 1.54) is 0 Å². The Morgan fingerprint density at radius 2 is 0.541 bits per heavy atom. The molecule has 0 aliphatic carbocycles. The molecule has 0 radical (unpaired) electrons. The molecule has 0 aromatic heterocycles. The average Bonchev–Trinajstić information content (AvgIpc) is 2.93. The summed E-state index contributed by atoms with van der Waals surface area (Å²) in [5.74, 6) is 0. The van der Waals surface area contributed by atoms with Crippen molar-refractivity contribution in [3.8, 4) is 0 Å². The molecule has 0 fully saturated rings. The first-order valence-corrected chi connectivity index (χ1v) is 11.6. The van der Waals surface area contributed by atoms with Crippen LogP contribution in [0.4, 0.5) is 0 Å². The highest BCUT2D eigenvalue weighted by Crippen LogP contribution is 2.44. The van der Waals surface area contributed by atoms with Crippen molar-refractivity contribution in [2.45, 2.75) is 5.41 Å².